The summed E-state index contributed by atoms with van der Waals surface area (Å²) in [5.41, 5.74) is 0. The second-order valence-corrected chi connectivity index (χ2v) is 25.6. The number of carbonyl (C=O) groups excluding carboxylic acids is 6. The molecule has 0 aliphatic rings. The molecule has 398 valence electrons. The molecule has 13 heteroatoms. The maximum atomic E-state index is 13.3. The molecule has 0 radical (unpaired) electrons. The second kappa shape index (κ2) is 49.8. The van der Waals surface area contributed by atoms with Crippen LogP contribution in [-0.4, -0.2) is 75.3 Å². The van der Waals surface area contributed by atoms with E-state index in [1.54, 1.807) is 0 Å². The van der Waals surface area contributed by atoms with Gasteiger partial charge in [-0.15, -0.1) is 0 Å². The molecule has 0 bridgehead atoms. The van der Waals surface area contributed by atoms with Crippen molar-refractivity contribution in [2.24, 2.45) is 0 Å². The molecule has 0 heterocycles. The number of unbranched alkanes of at least 4 members (excludes halogenated alkanes) is 32. The smallest absolute Gasteiger partial charge is 0.0654 e. The summed E-state index contributed by atoms with van der Waals surface area (Å²) in [4.78, 5) is 77.6. The number of esters is 3. The summed E-state index contributed by atoms with van der Waals surface area (Å²) in [5, 5.41) is 0. The van der Waals surface area contributed by atoms with E-state index in [2.05, 4.69) is 27.7 Å². The molecule has 0 fully saturated rings. The van der Waals surface area contributed by atoms with E-state index in [1.165, 1.54) is 116 Å². The number of rotatable bonds is 49. The quantitative estimate of drug-likeness (QED) is 0.0187. The Labute approximate surface area is 425 Å². The molecule has 0 saturated heterocycles. The first kappa shape index (κ1) is 65.8. The first-order chi connectivity index (χ1) is 33.6. The van der Waals surface area contributed by atoms with Gasteiger partial charge in [-0.2, -0.15) is 0 Å². The van der Waals surface area contributed by atoms with Crippen molar-refractivity contribution < 1.29 is 52.2 Å². The summed E-state index contributed by atoms with van der Waals surface area (Å²) in [7, 11) is 0. The fourth-order valence-corrected chi connectivity index (χ4v) is 14.1. The molecule has 0 aromatic rings. The second-order valence-electron chi connectivity index (χ2n) is 18.5. The van der Waals surface area contributed by atoms with Gasteiger partial charge in [-0.25, -0.2) is 0 Å². The van der Waals surface area contributed by atoms with E-state index in [0.717, 1.165) is 120 Å². The van der Waals surface area contributed by atoms with Gasteiger partial charge in [0, 0.05) is 0 Å². The van der Waals surface area contributed by atoms with Crippen LogP contribution < -0.4 is 0 Å². The van der Waals surface area contributed by atoms with Gasteiger partial charge in [-0.1, -0.05) is 117 Å². The van der Waals surface area contributed by atoms with Gasteiger partial charge in [0.15, 0.2) is 0 Å². The topological polar surface area (TPSA) is 158 Å². The van der Waals surface area contributed by atoms with Gasteiger partial charge >= 0.3 is 310 Å². The normalized spacial score (nSPS) is 11.7. The van der Waals surface area contributed by atoms with E-state index >= 15 is 0 Å². The average Bonchev–Trinajstić information content (AvgIpc) is 3.33. The molecule has 0 unspecified atom stereocenters. The van der Waals surface area contributed by atoms with Crippen LogP contribution >= 0.6 is 0 Å². The van der Waals surface area contributed by atoms with E-state index in [0.29, 0.717) is 32.1 Å². The maximum absolute atomic E-state index is 13.3. The van der Waals surface area contributed by atoms with Gasteiger partial charge < -0.3 is 0 Å². The van der Waals surface area contributed by atoms with Crippen molar-refractivity contribution in [3.63, 3.8) is 0 Å². The van der Waals surface area contributed by atoms with Crippen LogP contribution in [0.5, 0.6) is 0 Å². The molecule has 0 aromatic heterocycles. The van der Waals surface area contributed by atoms with Crippen LogP contribution in [0, 0.1) is 0 Å². The third-order valence-electron chi connectivity index (χ3n) is 11.9. The monoisotopic (exact) mass is 1080 g/mol. The molecular weight excluding hydrogens is 983 g/mol. The molecule has 69 heavy (non-hydrogen) atoms. The molecule has 12 nitrogen and oxygen atoms in total. The van der Waals surface area contributed by atoms with Crippen LogP contribution in [-0.2, 0) is 52.2 Å². The fraction of sp³-hybridized carbons (Fsp3) is 0.786. The summed E-state index contributed by atoms with van der Waals surface area (Å²) >= 11 is -5.61. The zero-order valence-corrected chi connectivity index (χ0v) is 47.0. The number of hydrogen-bond donors (Lipinski definition) is 0. The minimum atomic E-state index is -5.61. The number of carbonyl (C=O) groups is 6. The van der Waals surface area contributed by atoms with Crippen molar-refractivity contribution in [3.05, 3.63) is 36.5 Å². The van der Waals surface area contributed by atoms with Crippen molar-refractivity contribution in [1.82, 2.24) is 0 Å². The number of ether oxygens (including phenoxy) is 3. The van der Waals surface area contributed by atoms with E-state index in [4.69, 9.17) is 23.4 Å². The zero-order valence-electron chi connectivity index (χ0n) is 44.1. The average molecular weight is 1080 g/mol. The Kier molecular flexibility index (Phi) is 47.5. The first-order valence-electron chi connectivity index (χ1n) is 27.8. The Balaban J connectivity index is 5.66. The van der Waals surface area contributed by atoms with Crippen LogP contribution in [0.4, 0.5) is 0 Å². The van der Waals surface area contributed by atoms with E-state index in [-0.39, 0.29) is 24.3 Å². The van der Waals surface area contributed by atoms with Gasteiger partial charge in [0.25, 0.3) is 0 Å². The van der Waals surface area contributed by atoms with Gasteiger partial charge in [-0.3, -0.25) is 0 Å². The Morgan fingerprint density at radius 3 is 0.681 bits per heavy atom. The molecule has 0 spiro atoms. The Bertz CT molecular complexity index is 1240. The first-order valence-corrected chi connectivity index (χ1v) is 33.4. The zero-order chi connectivity index (χ0) is 50.7. The van der Waals surface area contributed by atoms with Gasteiger partial charge in [0.2, 0.25) is 0 Å². The van der Waals surface area contributed by atoms with E-state index < -0.39 is 55.4 Å². The van der Waals surface area contributed by atoms with Crippen LogP contribution in [0.25, 0.3) is 0 Å². The van der Waals surface area contributed by atoms with E-state index in [1.807, 2.05) is 0 Å². The van der Waals surface area contributed by atoms with Gasteiger partial charge in [0.05, 0.1) is 0 Å². The van der Waals surface area contributed by atoms with Crippen LogP contribution in [0.15, 0.2) is 36.5 Å². The predicted molar refractivity (Wildman–Crippen MR) is 278 cm³/mol. The molecule has 0 aliphatic carbocycles. The van der Waals surface area contributed by atoms with Gasteiger partial charge in [0.1, 0.15) is 0 Å². The molecule has 0 aromatic carbocycles. The Morgan fingerprint density at radius 2 is 0.449 bits per heavy atom. The molecule has 0 aliphatic heterocycles. The summed E-state index contributed by atoms with van der Waals surface area (Å²) in [5.74, 6) is -5.42. The third-order valence-corrected chi connectivity index (χ3v) is 19.0. The van der Waals surface area contributed by atoms with Gasteiger partial charge in [-0.05, 0) is 0 Å². The molecule has 0 saturated carbocycles. The third kappa shape index (κ3) is 45.7. The predicted octanol–water partition coefficient (Wildman–Crippen LogP) is 15.0. The van der Waals surface area contributed by atoms with Crippen LogP contribution in [0.1, 0.15) is 259 Å². The van der Waals surface area contributed by atoms with Crippen molar-refractivity contribution in [2.75, 3.05) is 19.8 Å². The fourth-order valence-electron chi connectivity index (χ4n) is 7.74. The summed E-state index contributed by atoms with van der Waals surface area (Å²) in [6, 6.07) is 0. The molecule has 0 amide bonds. The summed E-state index contributed by atoms with van der Waals surface area (Å²) in [6.45, 7) is 9.34. The SMILES string of the molecule is CCCCCCCCCCCCOC(=O)/C=C\C(=O)[O][Sn]([CH2]CCCCCCC)([O]C(=O)/C=C\C(=O)OCCCCCCCCCCCC)[O]C(=O)/C=C\C(=O)OCCCCCCCCCCCC. The molecular formula is C56H98O12Sn. The van der Waals surface area contributed by atoms with Crippen LogP contribution in [0.3, 0.4) is 0 Å². The Morgan fingerprint density at radius 1 is 0.261 bits per heavy atom. The molecule has 0 rings (SSSR count). The minimum Gasteiger partial charge on any atom is -0.0654 e. The van der Waals surface area contributed by atoms with Crippen molar-refractivity contribution in [2.45, 2.75) is 263 Å². The van der Waals surface area contributed by atoms with Crippen molar-refractivity contribution >= 4 is 55.4 Å². The summed E-state index contributed by atoms with van der Waals surface area (Å²) in [6.07, 6.45) is 44.4. The van der Waals surface area contributed by atoms with E-state index in [9.17, 15) is 28.8 Å². The Hall–Kier alpha value is -3.16. The molecule has 0 atom stereocenters. The van der Waals surface area contributed by atoms with Crippen molar-refractivity contribution in [3.8, 4) is 0 Å². The minimum absolute atomic E-state index is 0.0604. The standard InChI is InChI=1S/3C16H28O4.C8H17.Sn/c3*1-2-3-4-5-6-7-8-9-10-11-14-20-16(19)13-12-15(17)18;1-3-5-7-8-6-4-2;/h3*12-13H,2-11,14H2,1H3,(H,17,18);1,3-8H2,2H3;/q;;;;+3/p-3/b3*13-12-;;. The summed E-state index contributed by atoms with van der Waals surface area (Å²) < 4.78 is 33.1. The van der Waals surface area contributed by atoms with Crippen molar-refractivity contribution in [1.29, 1.82) is 0 Å². The van der Waals surface area contributed by atoms with Crippen LogP contribution in [0.2, 0.25) is 4.44 Å². The molecule has 0 N–H and O–H groups in total. The number of hydrogen-bond acceptors (Lipinski definition) is 12.